The smallest absolute Gasteiger partial charge is 0.0642 e. The maximum atomic E-state index is 9.23. The molecule has 0 amide bonds. The van der Waals surface area contributed by atoms with Gasteiger partial charge in [-0.25, -0.2) is 0 Å². The van der Waals surface area contributed by atoms with Crippen LogP contribution in [-0.4, -0.2) is 31.3 Å². The number of nitrogens with one attached hydrogen (secondary N) is 1. The minimum atomic E-state index is 0.268. The van der Waals surface area contributed by atoms with Crippen LogP contribution in [0.4, 0.5) is 5.69 Å². The molecule has 0 radical (unpaired) electrons. The molecule has 112 valence electrons. The fourth-order valence-corrected chi connectivity index (χ4v) is 3.04. The van der Waals surface area contributed by atoms with Crippen molar-refractivity contribution in [3.63, 3.8) is 0 Å². The molecule has 3 nitrogen and oxygen atoms in total. The lowest BCUT2D eigenvalue weighted by atomic mass is 10.1. The second-order valence-electron chi connectivity index (χ2n) is 5.67. The van der Waals surface area contributed by atoms with Crippen LogP contribution in [0.2, 0.25) is 5.02 Å². The summed E-state index contributed by atoms with van der Waals surface area (Å²) < 4.78 is 0. The third-order valence-electron chi connectivity index (χ3n) is 4.06. The molecule has 1 saturated heterocycles. The molecule has 1 aromatic rings. The van der Waals surface area contributed by atoms with E-state index in [1.54, 1.807) is 0 Å². The Morgan fingerprint density at radius 1 is 1.50 bits per heavy atom. The highest BCUT2D eigenvalue weighted by Gasteiger charge is 2.23. The first-order valence-corrected chi connectivity index (χ1v) is 7.92. The van der Waals surface area contributed by atoms with Crippen molar-refractivity contribution in [2.45, 2.75) is 32.7 Å². The second kappa shape index (κ2) is 7.30. The van der Waals surface area contributed by atoms with E-state index < -0.39 is 0 Å². The Morgan fingerprint density at radius 2 is 2.30 bits per heavy atom. The number of nitrogens with zero attached hydrogens (tertiary/aromatic N) is 1. The van der Waals surface area contributed by atoms with Crippen molar-refractivity contribution < 1.29 is 5.11 Å². The molecule has 1 heterocycles. The predicted molar refractivity (Wildman–Crippen MR) is 85.6 cm³/mol. The molecule has 2 N–H and O–H groups in total. The highest BCUT2D eigenvalue weighted by atomic mass is 35.5. The summed E-state index contributed by atoms with van der Waals surface area (Å²) in [5.74, 6) is 0.385. The largest absolute Gasteiger partial charge is 0.396 e. The third-order valence-corrected chi connectivity index (χ3v) is 4.36. The molecular weight excluding hydrogens is 272 g/mol. The Morgan fingerprint density at radius 3 is 2.90 bits per heavy atom. The van der Waals surface area contributed by atoms with Crippen LogP contribution in [0.5, 0.6) is 0 Å². The third kappa shape index (κ3) is 3.66. The molecule has 0 aliphatic carbocycles. The van der Waals surface area contributed by atoms with Gasteiger partial charge in [-0.1, -0.05) is 24.6 Å². The summed E-state index contributed by atoms with van der Waals surface area (Å²) in [5, 5.41) is 13.5. The summed E-state index contributed by atoms with van der Waals surface area (Å²) in [6.07, 6.45) is 2.18. The number of hydrogen-bond acceptors (Lipinski definition) is 3. The van der Waals surface area contributed by atoms with E-state index >= 15 is 0 Å². The first-order chi connectivity index (χ1) is 9.65. The van der Waals surface area contributed by atoms with Crippen LogP contribution in [0, 0.1) is 5.92 Å². The van der Waals surface area contributed by atoms with E-state index in [0.29, 0.717) is 12.0 Å². The van der Waals surface area contributed by atoms with E-state index in [-0.39, 0.29) is 6.61 Å². The molecule has 2 rings (SSSR count). The normalized spacial score (nSPS) is 20.4. The number of halogens is 1. The van der Waals surface area contributed by atoms with Gasteiger partial charge in [-0.2, -0.15) is 0 Å². The van der Waals surface area contributed by atoms with Crippen LogP contribution in [0.1, 0.15) is 38.3 Å². The number of benzene rings is 1. The van der Waals surface area contributed by atoms with Crippen molar-refractivity contribution in [3.8, 4) is 0 Å². The summed E-state index contributed by atoms with van der Waals surface area (Å²) >= 11 is 6.45. The lowest BCUT2D eigenvalue weighted by Gasteiger charge is -2.22. The van der Waals surface area contributed by atoms with Crippen LogP contribution in [0.25, 0.3) is 0 Å². The number of rotatable bonds is 6. The van der Waals surface area contributed by atoms with Gasteiger partial charge >= 0.3 is 0 Å². The van der Waals surface area contributed by atoms with Gasteiger partial charge < -0.3 is 15.3 Å². The molecule has 0 bridgehead atoms. The second-order valence-corrected chi connectivity index (χ2v) is 6.08. The maximum Gasteiger partial charge on any atom is 0.0642 e. The van der Waals surface area contributed by atoms with Crippen LogP contribution in [0.3, 0.4) is 0 Å². The average Bonchev–Trinajstić information content (AvgIpc) is 2.93. The van der Waals surface area contributed by atoms with E-state index in [2.05, 4.69) is 42.3 Å². The van der Waals surface area contributed by atoms with Gasteiger partial charge in [-0.05, 0) is 44.0 Å². The zero-order valence-electron chi connectivity index (χ0n) is 12.4. The van der Waals surface area contributed by atoms with E-state index in [1.807, 2.05) is 0 Å². The summed E-state index contributed by atoms with van der Waals surface area (Å²) in [4.78, 5) is 2.27. The molecular formula is C16H25ClN2O. The van der Waals surface area contributed by atoms with Crippen molar-refractivity contribution in [2.24, 2.45) is 5.92 Å². The molecule has 2 unspecified atom stereocenters. The van der Waals surface area contributed by atoms with Gasteiger partial charge in [0.2, 0.25) is 0 Å². The lowest BCUT2D eigenvalue weighted by Crippen LogP contribution is -2.22. The Balaban J connectivity index is 2.06. The molecule has 0 spiro atoms. The van der Waals surface area contributed by atoms with Gasteiger partial charge in [-0.15, -0.1) is 0 Å². The van der Waals surface area contributed by atoms with Crippen molar-refractivity contribution in [1.29, 1.82) is 0 Å². The number of aliphatic hydroxyl groups excluding tert-OH is 1. The summed E-state index contributed by atoms with van der Waals surface area (Å²) in [7, 11) is 0. The SMILES string of the molecule is CCCNC(C)c1ccc(N2CCC(CO)C2)c(Cl)c1. The van der Waals surface area contributed by atoms with E-state index in [1.165, 1.54) is 5.56 Å². The van der Waals surface area contributed by atoms with Crippen molar-refractivity contribution in [2.75, 3.05) is 31.1 Å². The molecule has 1 aromatic carbocycles. The first kappa shape index (κ1) is 15.6. The van der Waals surface area contributed by atoms with E-state index in [0.717, 1.165) is 43.2 Å². The van der Waals surface area contributed by atoms with Gasteiger partial charge in [0, 0.05) is 31.7 Å². The van der Waals surface area contributed by atoms with Crippen molar-refractivity contribution in [1.82, 2.24) is 5.32 Å². The number of anilines is 1. The van der Waals surface area contributed by atoms with Crippen LogP contribution >= 0.6 is 11.6 Å². The van der Waals surface area contributed by atoms with Gasteiger partial charge in [-0.3, -0.25) is 0 Å². The van der Waals surface area contributed by atoms with Gasteiger partial charge in [0.05, 0.1) is 10.7 Å². The van der Waals surface area contributed by atoms with Crippen LogP contribution < -0.4 is 10.2 Å². The van der Waals surface area contributed by atoms with Crippen LogP contribution in [-0.2, 0) is 0 Å². The Hall–Kier alpha value is -0.770. The van der Waals surface area contributed by atoms with Crippen LogP contribution in [0.15, 0.2) is 18.2 Å². The lowest BCUT2D eigenvalue weighted by molar-refractivity contribution is 0.238. The molecule has 0 aromatic heterocycles. The summed E-state index contributed by atoms with van der Waals surface area (Å²) in [6.45, 7) is 7.50. The standard InChI is InChI=1S/C16H25ClN2O/c1-3-7-18-12(2)14-4-5-16(15(17)9-14)19-8-6-13(10-19)11-20/h4-5,9,12-13,18,20H,3,6-8,10-11H2,1-2H3. The minimum absolute atomic E-state index is 0.268. The molecule has 0 saturated carbocycles. The Bertz CT molecular complexity index is 438. The topological polar surface area (TPSA) is 35.5 Å². The molecule has 1 fully saturated rings. The zero-order valence-corrected chi connectivity index (χ0v) is 13.2. The molecule has 2 atom stereocenters. The quantitative estimate of drug-likeness (QED) is 0.846. The predicted octanol–water partition coefficient (Wildman–Crippen LogP) is 3.22. The van der Waals surface area contributed by atoms with Gasteiger partial charge in [0.1, 0.15) is 0 Å². The summed E-state index contributed by atoms with van der Waals surface area (Å²) in [6, 6.07) is 6.66. The molecule has 20 heavy (non-hydrogen) atoms. The summed E-state index contributed by atoms with van der Waals surface area (Å²) in [5.41, 5.74) is 2.32. The van der Waals surface area contributed by atoms with E-state index in [9.17, 15) is 5.11 Å². The Kier molecular flexibility index (Phi) is 5.70. The molecule has 4 heteroatoms. The van der Waals surface area contributed by atoms with E-state index in [4.69, 9.17) is 11.6 Å². The van der Waals surface area contributed by atoms with Crippen molar-refractivity contribution >= 4 is 17.3 Å². The van der Waals surface area contributed by atoms with Crippen molar-refractivity contribution in [3.05, 3.63) is 28.8 Å². The average molecular weight is 297 g/mol. The van der Waals surface area contributed by atoms with Gasteiger partial charge in [0.15, 0.2) is 0 Å². The van der Waals surface area contributed by atoms with Gasteiger partial charge in [0.25, 0.3) is 0 Å². The fourth-order valence-electron chi connectivity index (χ4n) is 2.73. The number of hydrogen-bond donors (Lipinski definition) is 2. The maximum absolute atomic E-state index is 9.23. The Labute approximate surface area is 126 Å². The zero-order chi connectivity index (χ0) is 14.5. The first-order valence-electron chi connectivity index (χ1n) is 7.54. The molecule has 1 aliphatic heterocycles. The minimum Gasteiger partial charge on any atom is -0.396 e. The number of aliphatic hydroxyl groups is 1. The highest BCUT2D eigenvalue weighted by Crippen LogP contribution is 2.32. The molecule has 1 aliphatic rings. The highest BCUT2D eigenvalue weighted by molar-refractivity contribution is 6.33. The monoisotopic (exact) mass is 296 g/mol. The fraction of sp³-hybridized carbons (Fsp3) is 0.625.